The highest BCUT2D eigenvalue weighted by Gasteiger charge is 2.25. The number of halogens is 1. The van der Waals surface area contributed by atoms with Crippen molar-refractivity contribution in [2.24, 2.45) is 5.92 Å². The molecule has 1 saturated heterocycles. The van der Waals surface area contributed by atoms with Crippen LogP contribution in [-0.4, -0.2) is 43.7 Å². The second kappa shape index (κ2) is 8.25. The molecule has 2 rings (SSSR count). The van der Waals surface area contributed by atoms with Gasteiger partial charge in [-0.1, -0.05) is 11.6 Å². The summed E-state index contributed by atoms with van der Waals surface area (Å²) in [6, 6.07) is 7.38. The van der Waals surface area contributed by atoms with E-state index in [9.17, 15) is 4.79 Å². The summed E-state index contributed by atoms with van der Waals surface area (Å²) in [6.45, 7) is 5.68. The molecule has 1 aliphatic rings. The second-order valence-corrected chi connectivity index (χ2v) is 5.61. The third kappa shape index (κ3) is 5.21. The van der Waals surface area contributed by atoms with Gasteiger partial charge in [-0.05, 0) is 57.1 Å². The average molecular weight is 312 g/mol. The molecule has 0 spiro atoms. The van der Waals surface area contributed by atoms with Crippen LogP contribution in [0.4, 0.5) is 0 Å². The number of nitrogens with zero attached hydrogens (tertiary/aromatic N) is 1. The van der Waals surface area contributed by atoms with E-state index in [0.717, 1.165) is 38.2 Å². The number of esters is 1. The summed E-state index contributed by atoms with van der Waals surface area (Å²) in [7, 11) is 0. The van der Waals surface area contributed by atoms with Gasteiger partial charge in [-0.25, -0.2) is 0 Å². The molecule has 0 aliphatic carbocycles. The van der Waals surface area contributed by atoms with E-state index in [0.29, 0.717) is 18.2 Å². The predicted molar refractivity (Wildman–Crippen MR) is 82.7 cm³/mol. The Labute approximate surface area is 131 Å². The maximum absolute atomic E-state index is 11.7. The molecule has 116 valence electrons. The van der Waals surface area contributed by atoms with Crippen LogP contribution in [0, 0.1) is 5.92 Å². The van der Waals surface area contributed by atoms with E-state index >= 15 is 0 Å². The van der Waals surface area contributed by atoms with Gasteiger partial charge in [0.05, 0.1) is 12.5 Å². The lowest BCUT2D eigenvalue weighted by Crippen LogP contribution is -2.39. The number of benzene rings is 1. The van der Waals surface area contributed by atoms with E-state index in [4.69, 9.17) is 21.1 Å². The lowest BCUT2D eigenvalue weighted by molar-refractivity contribution is -0.149. The minimum atomic E-state index is -0.0467. The quantitative estimate of drug-likeness (QED) is 0.757. The largest absolute Gasteiger partial charge is 0.492 e. The summed E-state index contributed by atoms with van der Waals surface area (Å²) in [5.74, 6) is 0.855. The molecule has 0 aromatic heterocycles. The van der Waals surface area contributed by atoms with Gasteiger partial charge in [-0.3, -0.25) is 9.69 Å². The van der Waals surface area contributed by atoms with E-state index in [1.54, 1.807) is 0 Å². The highest BCUT2D eigenvalue weighted by Crippen LogP contribution is 2.19. The third-order valence-corrected chi connectivity index (χ3v) is 3.95. The minimum absolute atomic E-state index is 0.0467. The number of carbonyl (C=O) groups excluding carboxylic acids is 1. The number of hydrogen-bond acceptors (Lipinski definition) is 4. The van der Waals surface area contributed by atoms with Crippen LogP contribution in [0.3, 0.4) is 0 Å². The van der Waals surface area contributed by atoms with Gasteiger partial charge >= 0.3 is 5.97 Å². The monoisotopic (exact) mass is 311 g/mol. The third-order valence-electron chi connectivity index (χ3n) is 3.70. The van der Waals surface area contributed by atoms with Gasteiger partial charge in [0.2, 0.25) is 0 Å². The fourth-order valence-electron chi connectivity index (χ4n) is 2.48. The van der Waals surface area contributed by atoms with Gasteiger partial charge in [0.25, 0.3) is 0 Å². The minimum Gasteiger partial charge on any atom is -0.492 e. The highest BCUT2D eigenvalue weighted by molar-refractivity contribution is 6.30. The summed E-state index contributed by atoms with van der Waals surface area (Å²) >= 11 is 5.83. The number of ether oxygens (including phenoxy) is 2. The maximum atomic E-state index is 11.7. The van der Waals surface area contributed by atoms with Crippen molar-refractivity contribution in [3.63, 3.8) is 0 Å². The van der Waals surface area contributed by atoms with Gasteiger partial charge in [0.15, 0.2) is 0 Å². The topological polar surface area (TPSA) is 38.8 Å². The van der Waals surface area contributed by atoms with E-state index in [-0.39, 0.29) is 11.9 Å². The molecule has 21 heavy (non-hydrogen) atoms. The molecule has 0 saturated carbocycles. The van der Waals surface area contributed by atoms with Crippen molar-refractivity contribution in [3.8, 4) is 5.75 Å². The maximum Gasteiger partial charge on any atom is 0.309 e. The molecule has 1 aliphatic heterocycles. The van der Waals surface area contributed by atoms with E-state index < -0.39 is 0 Å². The summed E-state index contributed by atoms with van der Waals surface area (Å²) in [4.78, 5) is 14.0. The summed E-state index contributed by atoms with van der Waals surface area (Å²) < 4.78 is 10.8. The Morgan fingerprint density at radius 1 is 1.29 bits per heavy atom. The first-order valence-corrected chi connectivity index (χ1v) is 7.84. The Hall–Kier alpha value is -1.26. The van der Waals surface area contributed by atoms with Gasteiger partial charge in [0, 0.05) is 11.6 Å². The smallest absolute Gasteiger partial charge is 0.309 e. The first-order valence-electron chi connectivity index (χ1n) is 7.46. The summed E-state index contributed by atoms with van der Waals surface area (Å²) in [5, 5.41) is 0.711. The number of carbonyl (C=O) groups is 1. The highest BCUT2D eigenvalue weighted by atomic mass is 35.5. The van der Waals surface area contributed by atoms with Crippen LogP contribution in [0.15, 0.2) is 24.3 Å². The van der Waals surface area contributed by atoms with Crippen LogP contribution in [-0.2, 0) is 9.53 Å². The first kappa shape index (κ1) is 16.1. The molecule has 1 aromatic carbocycles. The van der Waals surface area contributed by atoms with E-state index in [1.807, 2.05) is 31.2 Å². The molecule has 4 nitrogen and oxygen atoms in total. The van der Waals surface area contributed by atoms with Crippen LogP contribution < -0.4 is 4.74 Å². The zero-order valence-electron chi connectivity index (χ0n) is 12.4. The van der Waals surface area contributed by atoms with Gasteiger partial charge in [-0.15, -0.1) is 0 Å². The average Bonchev–Trinajstić information content (AvgIpc) is 2.50. The zero-order chi connectivity index (χ0) is 15.1. The Kier molecular flexibility index (Phi) is 6.33. The molecule has 1 heterocycles. The fraction of sp³-hybridized carbons (Fsp3) is 0.562. The first-order chi connectivity index (χ1) is 10.2. The van der Waals surface area contributed by atoms with Gasteiger partial charge < -0.3 is 9.47 Å². The number of hydrogen-bond donors (Lipinski definition) is 0. The number of likely N-dealkylation sites (tertiary alicyclic amines) is 1. The SMILES string of the molecule is CCOC(=O)C1CCN(CCOc2ccc(Cl)cc2)CC1. The van der Waals surface area contributed by atoms with Crippen molar-refractivity contribution in [2.75, 3.05) is 32.8 Å². The van der Waals surface area contributed by atoms with Crippen LogP contribution in [0.1, 0.15) is 19.8 Å². The molecular weight excluding hydrogens is 290 g/mol. The van der Waals surface area contributed by atoms with Crippen LogP contribution >= 0.6 is 11.6 Å². The molecule has 5 heteroatoms. The number of piperidine rings is 1. The molecule has 0 unspecified atom stereocenters. The van der Waals surface area contributed by atoms with Crippen molar-refractivity contribution in [1.82, 2.24) is 4.90 Å². The summed E-state index contributed by atoms with van der Waals surface area (Å²) in [6.07, 6.45) is 1.75. The van der Waals surface area contributed by atoms with Gasteiger partial charge in [-0.2, -0.15) is 0 Å². The predicted octanol–water partition coefficient (Wildman–Crippen LogP) is 2.99. The van der Waals surface area contributed by atoms with Crippen molar-refractivity contribution in [2.45, 2.75) is 19.8 Å². The van der Waals surface area contributed by atoms with Crippen LogP contribution in [0.2, 0.25) is 5.02 Å². The van der Waals surface area contributed by atoms with Crippen molar-refractivity contribution in [3.05, 3.63) is 29.3 Å². The molecule has 0 atom stereocenters. The standard InChI is InChI=1S/C16H22ClNO3/c1-2-20-16(19)13-7-9-18(10-8-13)11-12-21-15-5-3-14(17)4-6-15/h3-6,13H,2,7-12H2,1H3. The van der Waals surface area contributed by atoms with Crippen LogP contribution in [0.25, 0.3) is 0 Å². The molecule has 1 fully saturated rings. The lowest BCUT2D eigenvalue weighted by Gasteiger charge is -2.30. The van der Waals surface area contributed by atoms with Crippen molar-refractivity contribution >= 4 is 17.6 Å². The van der Waals surface area contributed by atoms with E-state index in [2.05, 4.69) is 4.90 Å². The molecular formula is C16H22ClNO3. The Balaban J connectivity index is 1.65. The van der Waals surface area contributed by atoms with Crippen molar-refractivity contribution < 1.29 is 14.3 Å². The zero-order valence-corrected chi connectivity index (χ0v) is 13.1. The van der Waals surface area contributed by atoms with Crippen LogP contribution in [0.5, 0.6) is 5.75 Å². The van der Waals surface area contributed by atoms with E-state index in [1.165, 1.54) is 0 Å². The Morgan fingerprint density at radius 3 is 2.57 bits per heavy atom. The molecule has 1 aromatic rings. The number of rotatable bonds is 6. The fourth-order valence-corrected chi connectivity index (χ4v) is 2.60. The lowest BCUT2D eigenvalue weighted by atomic mass is 9.97. The molecule has 0 radical (unpaired) electrons. The molecule has 0 amide bonds. The summed E-state index contributed by atoms with van der Waals surface area (Å²) in [5.41, 5.74) is 0. The molecule has 0 N–H and O–H groups in total. The Bertz CT molecular complexity index is 441. The molecule has 0 bridgehead atoms. The Morgan fingerprint density at radius 2 is 1.95 bits per heavy atom. The van der Waals surface area contributed by atoms with Gasteiger partial charge in [0.1, 0.15) is 12.4 Å². The second-order valence-electron chi connectivity index (χ2n) is 5.17. The van der Waals surface area contributed by atoms with Crippen molar-refractivity contribution in [1.29, 1.82) is 0 Å². The normalized spacial score (nSPS) is 16.7.